The first-order valence-electron chi connectivity index (χ1n) is 5.01. The lowest BCUT2D eigenvalue weighted by molar-refractivity contribution is 0.0955. The molecule has 0 aliphatic heterocycles. The van der Waals surface area contributed by atoms with E-state index in [-0.39, 0.29) is 6.61 Å². The molecule has 14 heavy (non-hydrogen) atoms. The van der Waals surface area contributed by atoms with Crippen LogP contribution in [0.1, 0.15) is 30.9 Å². The van der Waals surface area contributed by atoms with Crippen molar-refractivity contribution in [3.05, 3.63) is 35.4 Å². The SMILES string of the molecule is CC(C)c1ccc(CC(O)CO)cc1. The molecule has 0 fully saturated rings. The lowest BCUT2D eigenvalue weighted by Crippen LogP contribution is -2.14. The monoisotopic (exact) mass is 194 g/mol. The van der Waals surface area contributed by atoms with Crippen LogP contribution in [0.3, 0.4) is 0 Å². The number of benzene rings is 1. The summed E-state index contributed by atoms with van der Waals surface area (Å²) in [6, 6.07) is 8.16. The van der Waals surface area contributed by atoms with Crippen LogP contribution in [0, 0.1) is 0 Å². The lowest BCUT2D eigenvalue weighted by atomic mass is 10.00. The molecule has 0 saturated heterocycles. The van der Waals surface area contributed by atoms with Gasteiger partial charge in [0.25, 0.3) is 0 Å². The number of aliphatic hydroxyl groups is 2. The Kier molecular flexibility index (Phi) is 4.11. The molecule has 0 aromatic heterocycles. The molecular weight excluding hydrogens is 176 g/mol. The Hall–Kier alpha value is -0.860. The number of hydrogen-bond donors (Lipinski definition) is 2. The van der Waals surface area contributed by atoms with E-state index >= 15 is 0 Å². The van der Waals surface area contributed by atoms with Crippen molar-refractivity contribution in [2.75, 3.05) is 6.61 Å². The first-order valence-corrected chi connectivity index (χ1v) is 5.01. The maximum absolute atomic E-state index is 9.24. The molecule has 0 heterocycles. The van der Waals surface area contributed by atoms with Gasteiger partial charge in [-0.3, -0.25) is 0 Å². The van der Waals surface area contributed by atoms with Crippen molar-refractivity contribution in [1.82, 2.24) is 0 Å². The van der Waals surface area contributed by atoms with Crippen molar-refractivity contribution < 1.29 is 10.2 Å². The maximum atomic E-state index is 9.24. The molecule has 0 aliphatic rings. The van der Waals surface area contributed by atoms with Crippen LogP contribution in [0.2, 0.25) is 0 Å². The second-order valence-electron chi connectivity index (χ2n) is 3.94. The first kappa shape index (κ1) is 11.2. The van der Waals surface area contributed by atoms with E-state index in [0.29, 0.717) is 12.3 Å². The Morgan fingerprint density at radius 3 is 2.14 bits per heavy atom. The molecule has 78 valence electrons. The van der Waals surface area contributed by atoms with Crippen molar-refractivity contribution in [2.45, 2.75) is 32.3 Å². The van der Waals surface area contributed by atoms with Crippen molar-refractivity contribution in [2.24, 2.45) is 0 Å². The first-order chi connectivity index (χ1) is 6.63. The minimum absolute atomic E-state index is 0.175. The van der Waals surface area contributed by atoms with Crippen molar-refractivity contribution in [3.63, 3.8) is 0 Å². The topological polar surface area (TPSA) is 40.5 Å². The molecule has 1 atom stereocenters. The minimum Gasteiger partial charge on any atom is -0.394 e. The van der Waals surface area contributed by atoms with Crippen LogP contribution in [-0.4, -0.2) is 22.9 Å². The lowest BCUT2D eigenvalue weighted by Gasteiger charge is -2.09. The van der Waals surface area contributed by atoms with Crippen LogP contribution < -0.4 is 0 Å². The van der Waals surface area contributed by atoms with Crippen LogP contribution in [0.4, 0.5) is 0 Å². The highest BCUT2D eigenvalue weighted by Crippen LogP contribution is 2.15. The van der Waals surface area contributed by atoms with E-state index in [0.717, 1.165) is 5.56 Å². The predicted molar refractivity (Wildman–Crippen MR) is 57.3 cm³/mol. The molecule has 2 N–H and O–H groups in total. The van der Waals surface area contributed by atoms with Crippen LogP contribution >= 0.6 is 0 Å². The van der Waals surface area contributed by atoms with Crippen LogP contribution in [0.15, 0.2) is 24.3 Å². The fraction of sp³-hybridized carbons (Fsp3) is 0.500. The summed E-state index contributed by atoms with van der Waals surface area (Å²) in [4.78, 5) is 0. The molecule has 0 aliphatic carbocycles. The summed E-state index contributed by atoms with van der Waals surface area (Å²) in [5.41, 5.74) is 2.36. The zero-order valence-electron chi connectivity index (χ0n) is 8.77. The van der Waals surface area contributed by atoms with Gasteiger partial charge in [0.05, 0.1) is 12.7 Å². The maximum Gasteiger partial charge on any atom is 0.0811 e. The van der Waals surface area contributed by atoms with Crippen molar-refractivity contribution >= 4 is 0 Å². The highest BCUT2D eigenvalue weighted by molar-refractivity contribution is 5.25. The van der Waals surface area contributed by atoms with Gasteiger partial charge in [0.2, 0.25) is 0 Å². The van der Waals surface area contributed by atoms with E-state index in [4.69, 9.17) is 5.11 Å². The molecule has 1 unspecified atom stereocenters. The summed E-state index contributed by atoms with van der Waals surface area (Å²) in [5, 5.41) is 17.9. The quantitative estimate of drug-likeness (QED) is 0.766. The average molecular weight is 194 g/mol. The third-order valence-electron chi connectivity index (χ3n) is 2.33. The van der Waals surface area contributed by atoms with Gasteiger partial charge >= 0.3 is 0 Å². The number of rotatable bonds is 4. The van der Waals surface area contributed by atoms with E-state index in [1.807, 2.05) is 12.1 Å². The van der Waals surface area contributed by atoms with Gasteiger partial charge in [0.15, 0.2) is 0 Å². The van der Waals surface area contributed by atoms with Gasteiger partial charge in [-0.25, -0.2) is 0 Å². The number of aliphatic hydroxyl groups excluding tert-OH is 2. The Balaban J connectivity index is 2.64. The van der Waals surface area contributed by atoms with E-state index in [9.17, 15) is 5.11 Å². The third kappa shape index (κ3) is 3.13. The van der Waals surface area contributed by atoms with Crippen LogP contribution in [0.5, 0.6) is 0 Å². The largest absolute Gasteiger partial charge is 0.394 e. The molecule has 1 aromatic carbocycles. The molecule has 1 rings (SSSR count). The highest BCUT2D eigenvalue weighted by atomic mass is 16.3. The average Bonchev–Trinajstić information content (AvgIpc) is 2.18. The highest BCUT2D eigenvalue weighted by Gasteiger charge is 2.04. The van der Waals surface area contributed by atoms with Gasteiger partial charge in [0.1, 0.15) is 0 Å². The molecule has 0 radical (unpaired) electrons. The summed E-state index contributed by atoms with van der Waals surface area (Å²) in [7, 11) is 0. The summed E-state index contributed by atoms with van der Waals surface area (Å²) in [5.74, 6) is 0.534. The Morgan fingerprint density at radius 1 is 1.14 bits per heavy atom. The standard InChI is InChI=1S/C12H18O2/c1-9(2)11-5-3-10(4-6-11)7-12(14)8-13/h3-6,9,12-14H,7-8H2,1-2H3. The molecular formula is C12H18O2. The predicted octanol–water partition coefficient (Wildman–Crippen LogP) is 1.71. The minimum atomic E-state index is -0.639. The van der Waals surface area contributed by atoms with Crippen LogP contribution in [0.25, 0.3) is 0 Å². The molecule has 0 bridgehead atoms. The third-order valence-corrected chi connectivity index (χ3v) is 2.33. The Labute approximate surface area is 85.2 Å². The van der Waals surface area contributed by atoms with Gasteiger partial charge in [-0.15, -0.1) is 0 Å². The molecule has 2 nitrogen and oxygen atoms in total. The Morgan fingerprint density at radius 2 is 1.71 bits per heavy atom. The zero-order chi connectivity index (χ0) is 10.6. The Bertz CT molecular complexity index is 264. The van der Waals surface area contributed by atoms with Crippen molar-refractivity contribution in [1.29, 1.82) is 0 Å². The van der Waals surface area contributed by atoms with Gasteiger partial charge in [-0.05, 0) is 17.0 Å². The van der Waals surface area contributed by atoms with E-state index in [1.165, 1.54) is 5.56 Å². The smallest absolute Gasteiger partial charge is 0.0811 e. The van der Waals surface area contributed by atoms with Gasteiger partial charge in [0, 0.05) is 6.42 Å². The van der Waals surface area contributed by atoms with Gasteiger partial charge in [-0.2, -0.15) is 0 Å². The molecule has 0 spiro atoms. The van der Waals surface area contributed by atoms with E-state index in [1.54, 1.807) is 0 Å². The summed E-state index contributed by atoms with van der Waals surface area (Å²) in [6.45, 7) is 4.13. The van der Waals surface area contributed by atoms with Crippen LogP contribution in [-0.2, 0) is 6.42 Å². The van der Waals surface area contributed by atoms with E-state index in [2.05, 4.69) is 26.0 Å². The molecule has 0 saturated carbocycles. The van der Waals surface area contributed by atoms with Gasteiger partial charge < -0.3 is 10.2 Å². The summed E-state index contributed by atoms with van der Waals surface area (Å²) in [6.07, 6.45) is -0.116. The fourth-order valence-corrected chi connectivity index (χ4v) is 1.38. The van der Waals surface area contributed by atoms with Gasteiger partial charge in [-0.1, -0.05) is 38.1 Å². The van der Waals surface area contributed by atoms with Crippen molar-refractivity contribution in [3.8, 4) is 0 Å². The summed E-state index contributed by atoms with van der Waals surface area (Å²) < 4.78 is 0. The fourth-order valence-electron chi connectivity index (χ4n) is 1.38. The molecule has 1 aromatic rings. The second kappa shape index (κ2) is 5.13. The number of hydrogen-bond acceptors (Lipinski definition) is 2. The second-order valence-corrected chi connectivity index (χ2v) is 3.94. The van der Waals surface area contributed by atoms with E-state index < -0.39 is 6.10 Å². The molecule has 2 heteroatoms. The zero-order valence-corrected chi connectivity index (χ0v) is 8.77. The normalized spacial score (nSPS) is 13.2. The molecule has 0 amide bonds. The summed E-state index contributed by atoms with van der Waals surface area (Å²) >= 11 is 0.